The van der Waals surface area contributed by atoms with Crippen LogP contribution in [0.3, 0.4) is 0 Å². The number of halogens is 1. The lowest BCUT2D eigenvalue weighted by atomic mass is 10.1. The number of aromatic nitrogens is 1. The number of hydrazine groups is 1. The first kappa shape index (κ1) is 34.9. The van der Waals surface area contributed by atoms with E-state index in [1.807, 2.05) is 0 Å². The number of oxime groups is 1. The zero-order chi connectivity index (χ0) is 34.1. The number of carboxylic acids is 2. The third-order valence-electron chi connectivity index (χ3n) is 6.70. The number of nitrogen functional groups attached to an aromatic ring is 1. The summed E-state index contributed by atoms with van der Waals surface area (Å²) < 4.78 is -1.49. The third kappa shape index (κ3) is 7.04. The fraction of sp³-hybridized carbons (Fsp3) is 0.400. The molecule has 21 heteroatoms. The number of thioether (sulfide) groups is 2. The summed E-state index contributed by atoms with van der Waals surface area (Å²) in [7, 11) is 1.53. The number of hydrogen-bond acceptors (Lipinski definition) is 15. The van der Waals surface area contributed by atoms with Gasteiger partial charge in [0.05, 0.1) is 17.1 Å². The van der Waals surface area contributed by atoms with Gasteiger partial charge in [0.2, 0.25) is 11.5 Å². The van der Waals surface area contributed by atoms with Gasteiger partial charge in [-0.3, -0.25) is 19.8 Å². The fourth-order valence-electron chi connectivity index (χ4n) is 4.05. The van der Waals surface area contributed by atoms with E-state index in [0.29, 0.717) is 0 Å². The summed E-state index contributed by atoms with van der Waals surface area (Å²) in [6.07, 6.45) is 0. The Labute approximate surface area is 278 Å². The number of anilines is 1. The number of thiazole rings is 1. The number of fused-ring (bicyclic) bond motifs is 1. The van der Waals surface area contributed by atoms with Crippen LogP contribution in [0.4, 0.5) is 5.13 Å². The third-order valence-corrected chi connectivity index (χ3v) is 11.0. The number of phenols is 2. The van der Waals surface area contributed by atoms with E-state index in [9.17, 15) is 44.4 Å². The molecule has 2 aliphatic rings. The van der Waals surface area contributed by atoms with Crippen LogP contribution in [0.5, 0.6) is 11.5 Å². The van der Waals surface area contributed by atoms with E-state index in [1.165, 1.54) is 42.3 Å². The lowest BCUT2D eigenvalue weighted by Crippen LogP contribution is -2.68. The van der Waals surface area contributed by atoms with Gasteiger partial charge < -0.3 is 41.2 Å². The molecule has 0 unspecified atom stereocenters. The molecular formula is C25H28ClN7O10S3. The summed E-state index contributed by atoms with van der Waals surface area (Å²) in [5, 5.41) is 46.8. The fourth-order valence-corrected chi connectivity index (χ4v) is 8.04. The molecule has 0 radical (unpaired) electrons. The van der Waals surface area contributed by atoms with Crippen molar-refractivity contribution in [3.63, 3.8) is 0 Å². The number of carboxylic acid groups (broad SMARTS) is 2. The lowest BCUT2D eigenvalue weighted by Gasteiger charge is -2.41. The molecule has 8 N–H and O–H groups in total. The Kier molecular flexibility index (Phi) is 10.2. The molecule has 0 bridgehead atoms. The van der Waals surface area contributed by atoms with Crippen molar-refractivity contribution in [2.45, 2.75) is 34.9 Å². The molecular weight excluding hydrogens is 690 g/mol. The molecule has 3 heterocycles. The van der Waals surface area contributed by atoms with Crippen molar-refractivity contribution in [2.75, 3.05) is 31.6 Å². The summed E-state index contributed by atoms with van der Waals surface area (Å²) in [6, 6.07) is 1.21. The zero-order valence-corrected chi connectivity index (χ0v) is 27.4. The topological polar surface area (TPSA) is 257 Å². The number of hydrogen-bond donors (Lipinski definition) is 7. The maximum absolute atomic E-state index is 13.2. The Morgan fingerprint density at radius 3 is 2.61 bits per heavy atom. The first-order valence-electron chi connectivity index (χ1n) is 13.1. The van der Waals surface area contributed by atoms with Gasteiger partial charge in [-0.15, -0.1) is 34.9 Å². The molecule has 0 spiro atoms. The second-order valence-corrected chi connectivity index (χ2v) is 14.7. The smallest absolute Gasteiger partial charge is 0.350 e. The number of nitrogens with zero attached hydrogens (tertiary/aromatic N) is 4. The summed E-state index contributed by atoms with van der Waals surface area (Å²) >= 11 is 8.93. The van der Waals surface area contributed by atoms with Gasteiger partial charge in [-0.25, -0.2) is 19.6 Å². The Bertz CT molecular complexity index is 1620. The maximum Gasteiger partial charge on any atom is 0.350 e. The first-order valence-corrected chi connectivity index (χ1v) is 16.2. The number of aromatic hydroxyl groups is 2. The number of phenolic OH excluding ortho intramolecular Hbond substituents is 2. The molecule has 0 saturated carbocycles. The highest BCUT2D eigenvalue weighted by Crippen LogP contribution is 2.52. The first-order chi connectivity index (χ1) is 21.5. The van der Waals surface area contributed by atoms with Gasteiger partial charge >= 0.3 is 11.9 Å². The van der Waals surface area contributed by atoms with Crippen LogP contribution < -0.4 is 16.5 Å². The molecule has 2 fully saturated rings. The summed E-state index contributed by atoms with van der Waals surface area (Å²) in [6.45, 7) is 2.44. The quantitative estimate of drug-likeness (QED) is 0.0647. The van der Waals surface area contributed by atoms with Gasteiger partial charge in [0.25, 0.3) is 11.8 Å². The van der Waals surface area contributed by atoms with Crippen LogP contribution in [0, 0.1) is 0 Å². The molecule has 4 rings (SSSR count). The second kappa shape index (κ2) is 13.4. The average Bonchev–Trinajstić information content (AvgIpc) is 3.57. The van der Waals surface area contributed by atoms with E-state index in [-0.39, 0.29) is 40.3 Å². The highest BCUT2D eigenvalue weighted by atomic mass is 35.5. The maximum atomic E-state index is 13.2. The Morgan fingerprint density at radius 1 is 1.30 bits per heavy atom. The van der Waals surface area contributed by atoms with Crippen molar-refractivity contribution in [2.24, 2.45) is 5.16 Å². The zero-order valence-electron chi connectivity index (χ0n) is 24.2. The second-order valence-electron chi connectivity index (χ2n) is 10.4. The number of rotatable bonds is 13. The molecule has 2 aromatic rings. The summed E-state index contributed by atoms with van der Waals surface area (Å²) in [5.74, 6) is -5.61. The van der Waals surface area contributed by atoms with Gasteiger partial charge in [-0.05, 0) is 26.0 Å². The normalized spacial score (nSPS) is 21.0. The molecule has 1 aromatic heterocycles. The lowest BCUT2D eigenvalue weighted by molar-refractivity contribution is -0.161. The Hall–Kier alpha value is -3.98. The predicted molar refractivity (Wildman–Crippen MR) is 169 cm³/mol. The molecule has 17 nitrogen and oxygen atoms in total. The van der Waals surface area contributed by atoms with Crippen molar-refractivity contribution in [3.05, 3.63) is 33.8 Å². The van der Waals surface area contributed by atoms with Crippen LogP contribution in [0.25, 0.3) is 0 Å². The monoisotopic (exact) mass is 717 g/mol. The minimum Gasteiger partial charge on any atom is -0.504 e. The number of benzene rings is 1. The molecule has 1 aromatic carbocycles. The van der Waals surface area contributed by atoms with Gasteiger partial charge in [-0.1, -0.05) is 16.8 Å². The molecule has 2 saturated heterocycles. The van der Waals surface area contributed by atoms with E-state index in [1.54, 1.807) is 0 Å². The van der Waals surface area contributed by atoms with Gasteiger partial charge in [0.1, 0.15) is 17.1 Å². The molecule has 46 heavy (non-hydrogen) atoms. The summed E-state index contributed by atoms with van der Waals surface area (Å²) in [4.78, 5) is 73.1. The van der Waals surface area contributed by atoms with Crippen LogP contribution in [0.1, 0.15) is 29.9 Å². The largest absolute Gasteiger partial charge is 0.504 e. The van der Waals surface area contributed by atoms with E-state index < -0.39 is 68.0 Å². The number of nitrogens with one attached hydrogen (secondary N) is 2. The minimum absolute atomic E-state index is 0.0139. The highest BCUT2D eigenvalue weighted by molar-refractivity contribution is 8.20. The van der Waals surface area contributed by atoms with E-state index in [2.05, 4.69) is 20.9 Å². The molecule has 3 amide bonds. The number of carbonyl (C=O) groups is 5. The van der Waals surface area contributed by atoms with Crippen molar-refractivity contribution >= 4 is 87.0 Å². The number of amides is 3. The SMILES string of the molecule is CN(CCS[C@]1(C(=O)O)CN2C(=O)[C@@H](NC(=O)/C(=N\OC(C)(C)C(=O)O)c3csc(N)n3)[C@H]2S1)NC(=O)c1ccc(O)c(O)c1Cl. The van der Waals surface area contributed by atoms with Gasteiger partial charge in [0, 0.05) is 24.7 Å². The van der Waals surface area contributed by atoms with Crippen LogP contribution >= 0.6 is 46.5 Å². The highest BCUT2D eigenvalue weighted by Gasteiger charge is 2.62. The summed E-state index contributed by atoms with van der Waals surface area (Å²) in [5.41, 5.74) is 5.89. The standard InChI is InChI=1S/C25H28ClN7O10S3/c1-24(2,21(39)40)43-31-14(11-8-44-23(27)28-11)18(37)29-15-19(38)33-9-25(22(41)42,46-20(15)33)45-7-6-32(3)30-17(36)10-4-5-12(34)16(35)13(10)26/h4-5,8,15,20,34-35H,6-7,9H2,1-3H3,(H2,27,28)(H,29,37)(H,30,36)(H,39,40)(H,41,42)/b31-14-/t15-,20-,25-/m1/s1. The predicted octanol–water partition coefficient (Wildman–Crippen LogP) is 0.565. The van der Waals surface area contributed by atoms with E-state index >= 15 is 0 Å². The van der Waals surface area contributed by atoms with Crippen molar-refractivity contribution in [1.82, 2.24) is 25.6 Å². The van der Waals surface area contributed by atoms with Crippen molar-refractivity contribution in [3.8, 4) is 11.5 Å². The Morgan fingerprint density at radius 2 is 2.00 bits per heavy atom. The number of aliphatic carboxylic acids is 2. The molecule has 3 atom stereocenters. The number of nitrogens with two attached hydrogens (primary N) is 1. The van der Waals surface area contributed by atoms with Crippen molar-refractivity contribution < 1.29 is 49.2 Å². The molecule has 248 valence electrons. The van der Waals surface area contributed by atoms with Crippen LogP contribution in [-0.4, -0.2) is 118 Å². The van der Waals surface area contributed by atoms with Crippen LogP contribution in [0.15, 0.2) is 22.7 Å². The van der Waals surface area contributed by atoms with Crippen molar-refractivity contribution in [1.29, 1.82) is 0 Å². The van der Waals surface area contributed by atoms with Crippen LogP contribution in [0.2, 0.25) is 5.02 Å². The van der Waals surface area contributed by atoms with Gasteiger partial charge in [-0.2, -0.15) is 0 Å². The van der Waals surface area contributed by atoms with Crippen LogP contribution in [-0.2, 0) is 24.0 Å². The molecule has 0 aliphatic carbocycles. The Balaban J connectivity index is 1.39. The van der Waals surface area contributed by atoms with Gasteiger partial charge in [0.15, 0.2) is 26.4 Å². The van der Waals surface area contributed by atoms with E-state index in [4.69, 9.17) is 22.2 Å². The molecule has 2 aliphatic heterocycles. The van der Waals surface area contributed by atoms with E-state index in [0.717, 1.165) is 40.9 Å². The average molecular weight is 718 g/mol. The number of carbonyl (C=O) groups excluding carboxylic acids is 3. The number of β-lactam (4-membered cyclic amide) rings is 1. The minimum atomic E-state index is -1.80.